The Morgan fingerprint density at radius 3 is 2.62 bits per heavy atom. The van der Waals surface area contributed by atoms with Gasteiger partial charge in [0.15, 0.2) is 0 Å². The minimum absolute atomic E-state index is 0.319. The Morgan fingerprint density at radius 2 is 1.90 bits per heavy atom. The number of phenolic OH excluding ortho intramolecular Hbond substituents is 1. The molecule has 21 heavy (non-hydrogen) atoms. The minimum Gasteiger partial charge on any atom is -0.508 e. The van der Waals surface area contributed by atoms with E-state index in [4.69, 9.17) is 0 Å². The Hall–Kier alpha value is -1.06. The molecule has 0 aromatic heterocycles. The third-order valence-electron chi connectivity index (χ3n) is 5.42. The topological polar surface area (TPSA) is 52.5 Å². The molecule has 0 bridgehead atoms. The van der Waals surface area contributed by atoms with Gasteiger partial charge in [0.05, 0.1) is 5.60 Å². The van der Waals surface area contributed by atoms with E-state index in [2.05, 4.69) is 19.2 Å². The summed E-state index contributed by atoms with van der Waals surface area (Å²) in [5.41, 5.74) is 2.36. The lowest BCUT2D eigenvalue weighted by Crippen LogP contribution is -2.45. The molecule has 3 N–H and O–H groups in total. The zero-order chi connectivity index (χ0) is 15.1. The van der Waals surface area contributed by atoms with Crippen LogP contribution in [-0.4, -0.2) is 22.4 Å². The van der Waals surface area contributed by atoms with Gasteiger partial charge in [0.1, 0.15) is 5.75 Å². The first-order valence-electron chi connectivity index (χ1n) is 8.15. The molecule has 1 saturated carbocycles. The molecular weight excluding hydrogens is 262 g/mol. The molecule has 0 heterocycles. The molecule has 3 nitrogen and oxygen atoms in total. The molecule has 1 aromatic rings. The number of benzene rings is 1. The number of aromatic hydroxyl groups is 1. The number of hydrogen-bond donors (Lipinski definition) is 3. The number of hydrogen-bond acceptors (Lipinski definition) is 3. The van der Waals surface area contributed by atoms with Crippen molar-refractivity contribution in [3.05, 3.63) is 29.3 Å². The Labute approximate surface area is 127 Å². The largest absolute Gasteiger partial charge is 0.508 e. The molecule has 1 fully saturated rings. The van der Waals surface area contributed by atoms with Gasteiger partial charge in [-0.3, -0.25) is 0 Å². The number of phenols is 1. The van der Waals surface area contributed by atoms with Gasteiger partial charge >= 0.3 is 0 Å². The van der Waals surface area contributed by atoms with Gasteiger partial charge in [0, 0.05) is 12.6 Å². The van der Waals surface area contributed by atoms with E-state index in [-0.39, 0.29) is 0 Å². The summed E-state index contributed by atoms with van der Waals surface area (Å²) in [7, 11) is 0. The van der Waals surface area contributed by atoms with Crippen LogP contribution in [0.3, 0.4) is 0 Å². The highest BCUT2D eigenvalue weighted by Crippen LogP contribution is 2.40. The van der Waals surface area contributed by atoms with Gasteiger partial charge in [0.2, 0.25) is 0 Å². The number of fused-ring (bicyclic) bond motifs is 1. The smallest absolute Gasteiger partial charge is 0.115 e. The van der Waals surface area contributed by atoms with Crippen molar-refractivity contribution in [2.45, 2.75) is 64.0 Å². The summed E-state index contributed by atoms with van der Waals surface area (Å²) in [6, 6.07) is 5.97. The van der Waals surface area contributed by atoms with E-state index in [1.54, 1.807) is 6.07 Å². The van der Waals surface area contributed by atoms with Crippen LogP contribution in [0.15, 0.2) is 18.2 Å². The first-order valence-corrected chi connectivity index (χ1v) is 8.15. The van der Waals surface area contributed by atoms with Crippen LogP contribution in [-0.2, 0) is 6.42 Å². The third-order valence-corrected chi connectivity index (χ3v) is 5.42. The molecule has 2 aliphatic rings. The zero-order valence-electron chi connectivity index (χ0n) is 13.2. The normalized spacial score (nSPS) is 26.5. The molecule has 1 unspecified atom stereocenters. The highest BCUT2D eigenvalue weighted by Gasteiger charge is 2.37. The fourth-order valence-corrected chi connectivity index (χ4v) is 3.70. The van der Waals surface area contributed by atoms with E-state index < -0.39 is 5.60 Å². The minimum atomic E-state index is -0.546. The van der Waals surface area contributed by atoms with E-state index in [0.717, 1.165) is 38.5 Å². The van der Waals surface area contributed by atoms with Crippen molar-refractivity contribution in [3.8, 4) is 5.75 Å². The second-order valence-electron chi connectivity index (χ2n) is 7.74. The van der Waals surface area contributed by atoms with Crippen molar-refractivity contribution in [1.29, 1.82) is 0 Å². The van der Waals surface area contributed by atoms with Gasteiger partial charge in [-0.05, 0) is 67.2 Å². The van der Waals surface area contributed by atoms with E-state index in [0.29, 0.717) is 23.8 Å². The van der Waals surface area contributed by atoms with Crippen LogP contribution in [0.2, 0.25) is 0 Å². The molecule has 0 saturated heterocycles. The maximum Gasteiger partial charge on any atom is 0.115 e. The fraction of sp³-hybridized carbons (Fsp3) is 0.667. The van der Waals surface area contributed by atoms with Gasteiger partial charge in [-0.1, -0.05) is 19.9 Å². The van der Waals surface area contributed by atoms with Crippen molar-refractivity contribution in [2.24, 2.45) is 5.41 Å². The van der Waals surface area contributed by atoms with Gasteiger partial charge < -0.3 is 15.5 Å². The molecule has 1 atom stereocenters. The highest BCUT2D eigenvalue weighted by molar-refractivity contribution is 5.40. The van der Waals surface area contributed by atoms with E-state index in [1.165, 1.54) is 11.1 Å². The predicted octanol–water partition coefficient (Wildman–Crippen LogP) is 3.30. The predicted molar refractivity (Wildman–Crippen MR) is 84.4 cm³/mol. The average Bonchev–Trinajstić information content (AvgIpc) is 2.83. The summed E-state index contributed by atoms with van der Waals surface area (Å²) in [4.78, 5) is 0. The van der Waals surface area contributed by atoms with E-state index >= 15 is 0 Å². The lowest BCUT2D eigenvalue weighted by molar-refractivity contribution is -0.0261. The molecule has 1 aromatic carbocycles. The number of nitrogens with one attached hydrogen (secondary N) is 1. The maximum atomic E-state index is 10.8. The SMILES string of the molecule is CC1(C)CCC(O)(CNC2CCc3cc(O)ccc32)CC1. The fourth-order valence-electron chi connectivity index (χ4n) is 3.70. The summed E-state index contributed by atoms with van der Waals surface area (Å²) in [5.74, 6) is 0.350. The summed E-state index contributed by atoms with van der Waals surface area (Å²) in [6.07, 6.45) is 6.04. The molecule has 2 aliphatic carbocycles. The molecule has 0 amide bonds. The van der Waals surface area contributed by atoms with Gasteiger partial charge in [-0.25, -0.2) is 0 Å². The maximum absolute atomic E-state index is 10.8. The van der Waals surface area contributed by atoms with E-state index in [1.807, 2.05) is 12.1 Å². The summed E-state index contributed by atoms with van der Waals surface area (Å²) < 4.78 is 0. The average molecular weight is 289 g/mol. The number of aryl methyl sites for hydroxylation is 1. The number of rotatable bonds is 3. The van der Waals surface area contributed by atoms with Crippen molar-refractivity contribution < 1.29 is 10.2 Å². The van der Waals surface area contributed by atoms with Crippen molar-refractivity contribution in [3.63, 3.8) is 0 Å². The van der Waals surface area contributed by atoms with Crippen LogP contribution in [0.25, 0.3) is 0 Å². The van der Waals surface area contributed by atoms with E-state index in [9.17, 15) is 10.2 Å². The molecule has 0 radical (unpaired) electrons. The molecule has 3 heteroatoms. The van der Waals surface area contributed by atoms with Crippen LogP contribution in [0.4, 0.5) is 0 Å². The monoisotopic (exact) mass is 289 g/mol. The first kappa shape index (κ1) is 14.9. The molecule has 0 aliphatic heterocycles. The summed E-state index contributed by atoms with van der Waals surface area (Å²) in [6.45, 7) is 5.26. The standard InChI is InChI=1S/C18H27NO2/c1-17(2)7-9-18(21,10-8-17)12-19-16-6-3-13-11-14(20)4-5-15(13)16/h4-5,11,16,19-21H,3,6-10,12H2,1-2H3. The summed E-state index contributed by atoms with van der Waals surface area (Å²) >= 11 is 0. The van der Waals surface area contributed by atoms with Crippen molar-refractivity contribution >= 4 is 0 Å². The molecule has 3 rings (SSSR count). The van der Waals surface area contributed by atoms with Gasteiger partial charge in [-0.2, -0.15) is 0 Å². The van der Waals surface area contributed by atoms with Crippen LogP contribution < -0.4 is 5.32 Å². The Morgan fingerprint density at radius 1 is 1.19 bits per heavy atom. The van der Waals surface area contributed by atoms with Crippen LogP contribution in [0, 0.1) is 5.41 Å². The van der Waals surface area contributed by atoms with Crippen LogP contribution in [0.1, 0.15) is 63.1 Å². The van der Waals surface area contributed by atoms with Crippen LogP contribution in [0.5, 0.6) is 5.75 Å². The van der Waals surface area contributed by atoms with Gasteiger partial charge in [-0.15, -0.1) is 0 Å². The lowest BCUT2D eigenvalue weighted by Gasteiger charge is -2.40. The van der Waals surface area contributed by atoms with Crippen molar-refractivity contribution in [2.75, 3.05) is 6.54 Å². The highest BCUT2D eigenvalue weighted by atomic mass is 16.3. The first-order chi connectivity index (χ1) is 9.87. The third kappa shape index (κ3) is 3.24. The summed E-state index contributed by atoms with van der Waals surface area (Å²) in [5, 5.41) is 23.9. The molecular formula is C18H27NO2. The number of aliphatic hydroxyl groups is 1. The molecule has 116 valence electrons. The zero-order valence-corrected chi connectivity index (χ0v) is 13.2. The Balaban J connectivity index is 1.60. The Kier molecular flexibility index (Phi) is 3.74. The second-order valence-corrected chi connectivity index (χ2v) is 7.74. The Bertz CT molecular complexity index is 514. The molecule has 0 spiro atoms. The van der Waals surface area contributed by atoms with Crippen LogP contribution >= 0.6 is 0 Å². The van der Waals surface area contributed by atoms with Crippen molar-refractivity contribution in [1.82, 2.24) is 5.32 Å². The second kappa shape index (κ2) is 5.29. The lowest BCUT2D eigenvalue weighted by atomic mass is 9.71. The quantitative estimate of drug-likeness (QED) is 0.800. The van der Waals surface area contributed by atoms with Gasteiger partial charge in [0.25, 0.3) is 0 Å².